The van der Waals surface area contributed by atoms with Crippen LogP contribution >= 0.6 is 11.6 Å². The lowest BCUT2D eigenvalue weighted by atomic mass is 10.6. The molecule has 1 rings (SSSR count). The maximum absolute atomic E-state index is 5.27. The lowest BCUT2D eigenvalue weighted by Gasteiger charge is -1.78. The van der Waals surface area contributed by atoms with E-state index in [9.17, 15) is 0 Å². The second kappa shape index (κ2) is 23.1. The van der Waals surface area contributed by atoms with Crippen LogP contribution in [0.3, 0.4) is 0 Å². The molecule has 1 heterocycles. The van der Waals surface area contributed by atoms with E-state index in [0.717, 1.165) is 31.4 Å². The Morgan fingerprint density at radius 2 is 0.840 bits per heavy atom. The third-order valence-electron chi connectivity index (χ3n) is 1.34. The van der Waals surface area contributed by atoms with Crippen molar-refractivity contribution in [3.63, 3.8) is 0 Å². The summed E-state index contributed by atoms with van der Waals surface area (Å²) < 4.78 is 4.73. The highest BCUT2D eigenvalue weighted by atomic mass is 35.5. The molecule has 25 heavy (non-hydrogen) atoms. The summed E-state index contributed by atoms with van der Waals surface area (Å²) in [6.45, 7) is 0.878. The van der Waals surface area contributed by atoms with Crippen molar-refractivity contribution < 1.29 is 4.74 Å². The van der Waals surface area contributed by atoms with Crippen molar-refractivity contribution in [2.24, 2.45) is 68.8 Å². The summed E-state index contributed by atoms with van der Waals surface area (Å²) in [5.41, 5.74) is 57.5. The van der Waals surface area contributed by atoms with Crippen LogP contribution in [0.2, 0.25) is 0 Å². The predicted molar refractivity (Wildman–Crippen MR) is 103 cm³/mol. The summed E-state index contributed by atoms with van der Waals surface area (Å²) in [5, 5.41) is 0. The lowest BCUT2D eigenvalue weighted by molar-refractivity contribution is 0.425. The molecule has 14 heteroatoms. The van der Waals surface area contributed by atoms with E-state index in [0.29, 0.717) is 12.0 Å². The highest BCUT2D eigenvalue weighted by molar-refractivity contribution is 6.18. The Morgan fingerprint density at radius 3 is 0.840 bits per heavy atom. The molecular weight excluding hydrogens is 352 g/mol. The lowest BCUT2D eigenvalue weighted by Crippen LogP contribution is -2.09. The fraction of sp³-hybridized carbons (Fsp3) is 0.273. The zero-order chi connectivity index (χ0) is 20.8. The smallest absolute Gasteiger partial charge is 0.109 e. The number of rotatable bonds is 1. The number of halogens is 1. The first-order chi connectivity index (χ1) is 11.5. The molecule has 0 aromatic heterocycles. The second-order valence-electron chi connectivity index (χ2n) is 3.78. The Bertz CT molecular complexity index is 326. The van der Waals surface area contributed by atoms with E-state index >= 15 is 0 Å². The fourth-order valence-corrected chi connectivity index (χ4v) is 0.335. The summed E-state index contributed by atoms with van der Waals surface area (Å²) in [6, 6.07) is 0. The molecule has 150 valence electrons. The molecule has 0 spiro atoms. The minimum absolute atomic E-state index is 0.157. The normalized spacial score (nSPS) is 12.0. The molecular formula is C11H33ClN12O. The molecule has 13 nitrogen and oxygen atoms in total. The van der Waals surface area contributed by atoms with Crippen LogP contribution in [-0.4, -0.2) is 18.6 Å². The van der Waals surface area contributed by atoms with Gasteiger partial charge in [-0.05, 0) is 0 Å². The number of epoxide rings is 1. The summed E-state index contributed by atoms with van der Waals surface area (Å²) in [7, 11) is 0. The molecule has 0 radical (unpaired) electrons. The van der Waals surface area contributed by atoms with Gasteiger partial charge in [-0.15, -0.1) is 11.6 Å². The molecule has 0 aromatic rings. The van der Waals surface area contributed by atoms with Crippen molar-refractivity contribution in [1.29, 1.82) is 0 Å². The average molecular weight is 385 g/mol. The molecule has 1 atom stereocenters. The minimum atomic E-state index is 0.157. The molecule has 1 fully saturated rings. The Morgan fingerprint density at radius 1 is 0.680 bits per heavy atom. The molecule has 1 aliphatic rings. The van der Waals surface area contributed by atoms with Crippen LogP contribution in [0, 0.1) is 0 Å². The molecule has 0 aromatic carbocycles. The van der Waals surface area contributed by atoms with Crippen LogP contribution in [0.5, 0.6) is 0 Å². The third-order valence-corrected chi connectivity index (χ3v) is 1.69. The topological polar surface area (TPSA) is 325 Å². The highest BCUT2D eigenvalue weighted by Gasteiger charge is 2.19. The van der Waals surface area contributed by atoms with E-state index in [1.807, 2.05) is 0 Å². The van der Waals surface area contributed by atoms with Gasteiger partial charge < -0.3 is 73.5 Å². The summed E-state index contributed by atoms with van der Waals surface area (Å²) in [4.78, 5) is 0. The third kappa shape index (κ3) is 76.5. The van der Waals surface area contributed by atoms with Gasteiger partial charge in [-0.2, -0.15) is 0 Å². The Labute approximate surface area is 152 Å². The van der Waals surface area contributed by atoms with Crippen LogP contribution in [0.4, 0.5) is 0 Å². The van der Waals surface area contributed by atoms with Gasteiger partial charge in [-0.3, -0.25) is 0 Å². The van der Waals surface area contributed by atoms with Gasteiger partial charge in [0.15, 0.2) is 0 Å². The first kappa shape index (κ1) is 29.8. The summed E-state index contributed by atoms with van der Waals surface area (Å²) in [5.74, 6) is 1.30. The fourth-order valence-electron chi connectivity index (χ4n) is 0.157. The molecule has 0 saturated carbocycles. The van der Waals surface area contributed by atoms with E-state index in [1.54, 1.807) is 0 Å². The molecule has 1 saturated heterocycles. The van der Waals surface area contributed by atoms with Crippen molar-refractivity contribution in [1.82, 2.24) is 0 Å². The van der Waals surface area contributed by atoms with Gasteiger partial charge in [0.1, 0.15) is 23.3 Å². The predicted octanol–water partition coefficient (Wildman–Crippen LogP) is -4.73. The number of ether oxygens (including phenoxy) is 1. The first-order valence-corrected chi connectivity index (χ1v) is 6.94. The maximum atomic E-state index is 5.27. The molecule has 0 bridgehead atoms. The van der Waals surface area contributed by atoms with E-state index in [1.165, 1.54) is 0 Å². The number of alkyl halides is 1. The van der Waals surface area contributed by atoms with Crippen LogP contribution < -0.4 is 68.8 Å². The van der Waals surface area contributed by atoms with Crippen molar-refractivity contribution in [3.8, 4) is 0 Å². The van der Waals surface area contributed by atoms with Gasteiger partial charge in [-0.1, -0.05) is 0 Å². The number of hydrogen-bond donors (Lipinski definition) is 12. The van der Waals surface area contributed by atoms with Gasteiger partial charge in [0.05, 0.1) is 18.6 Å². The minimum Gasteiger partial charge on any atom is -0.402 e. The SMILES string of the molecule is ClCC1CO1.NC=C(N)N.NC=C(N)N.NC=C(N)N.NC=C(N)N. The van der Waals surface area contributed by atoms with Gasteiger partial charge >= 0.3 is 0 Å². The molecule has 0 amide bonds. The van der Waals surface area contributed by atoms with Crippen LogP contribution in [0.25, 0.3) is 0 Å². The quantitative estimate of drug-likeness (QED) is 0.149. The van der Waals surface area contributed by atoms with Crippen LogP contribution in [0.15, 0.2) is 48.1 Å². The van der Waals surface area contributed by atoms with E-state index < -0.39 is 0 Å². The Balaban J connectivity index is -0.000000110. The van der Waals surface area contributed by atoms with Crippen molar-refractivity contribution in [3.05, 3.63) is 48.1 Å². The summed E-state index contributed by atoms with van der Waals surface area (Å²) >= 11 is 5.27. The number of nitrogens with two attached hydrogens (primary N) is 12. The zero-order valence-corrected chi connectivity index (χ0v) is 14.8. The van der Waals surface area contributed by atoms with E-state index in [-0.39, 0.29) is 23.3 Å². The summed E-state index contributed by atoms with van der Waals surface area (Å²) in [6.07, 6.45) is 4.96. The highest BCUT2D eigenvalue weighted by Crippen LogP contribution is 2.08. The monoisotopic (exact) mass is 384 g/mol. The van der Waals surface area contributed by atoms with Crippen molar-refractivity contribution in [2.75, 3.05) is 12.5 Å². The molecule has 24 N–H and O–H groups in total. The van der Waals surface area contributed by atoms with E-state index in [4.69, 9.17) is 85.1 Å². The number of hydrogen-bond acceptors (Lipinski definition) is 13. The van der Waals surface area contributed by atoms with Crippen molar-refractivity contribution in [2.45, 2.75) is 6.10 Å². The van der Waals surface area contributed by atoms with Crippen molar-refractivity contribution >= 4 is 11.6 Å². The van der Waals surface area contributed by atoms with Crippen LogP contribution in [-0.2, 0) is 4.74 Å². The van der Waals surface area contributed by atoms with Gasteiger partial charge in [-0.25, -0.2) is 0 Å². The Kier molecular flexibility index (Phi) is 27.5. The second-order valence-corrected chi connectivity index (χ2v) is 4.08. The standard InChI is InChI=1S/C3H5ClO.4C2H7N3/c4-1-3-2-5-3;4*3-1-2(4)5/h3H,1-2H2;4*1H,3-5H2. The van der Waals surface area contributed by atoms with Gasteiger partial charge in [0.2, 0.25) is 0 Å². The Hall–Kier alpha value is -3.19. The van der Waals surface area contributed by atoms with Gasteiger partial charge in [0.25, 0.3) is 0 Å². The maximum Gasteiger partial charge on any atom is 0.109 e. The first-order valence-electron chi connectivity index (χ1n) is 6.41. The average Bonchev–Trinajstić information content (AvgIpc) is 3.41. The molecule has 1 aliphatic heterocycles. The van der Waals surface area contributed by atoms with Gasteiger partial charge in [0, 0.05) is 24.8 Å². The molecule has 0 aliphatic carbocycles. The largest absolute Gasteiger partial charge is 0.402 e. The van der Waals surface area contributed by atoms with E-state index in [2.05, 4.69) is 0 Å². The zero-order valence-electron chi connectivity index (χ0n) is 14.0. The van der Waals surface area contributed by atoms with Crippen LogP contribution in [0.1, 0.15) is 0 Å². The molecule has 1 unspecified atom stereocenters.